The zero-order valence-electron chi connectivity index (χ0n) is 13.2. The van der Waals surface area contributed by atoms with E-state index >= 15 is 0 Å². The van der Waals surface area contributed by atoms with Crippen molar-refractivity contribution in [2.75, 3.05) is 0 Å². The van der Waals surface area contributed by atoms with Crippen LogP contribution in [0.25, 0.3) is 0 Å². The molecule has 0 bridgehead atoms. The van der Waals surface area contributed by atoms with Crippen LogP contribution in [0.4, 0.5) is 4.79 Å². The molecule has 5 heteroatoms. The fraction of sp³-hybridized carbons (Fsp3) is 0.529. The normalized spacial score (nSPS) is 19.7. The second kappa shape index (κ2) is 9.82. The van der Waals surface area contributed by atoms with Crippen LogP contribution in [0.15, 0.2) is 30.3 Å². The Kier molecular flexibility index (Phi) is 8.04. The van der Waals surface area contributed by atoms with Crippen molar-refractivity contribution in [2.24, 2.45) is 5.92 Å². The molecule has 0 saturated heterocycles. The van der Waals surface area contributed by atoms with Crippen molar-refractivity contribution in [1.29, 1.82) is 0 Å². The zero-order valence-corrected chi connectivity index (χ0v) is 13.2. The summed E-state index contributed by atoms with van der Waals surface area (Å²) in [6.45, 7) is 4.47. The van der Waals surface area contributed by atoms with Crippen LogP contribution in [-0.2, 0) is 16.1 Å². The Morgan fingerprint density at radius 2 is 1.86 bits per heavy atom. The van der Waals surface area contributed by atoms with Gasteiger partial charge in [-0.25, -0.2) is 4.79 Å². The number of carboxylic acid groups (broad SMARTS) is 1. The molecule has 2 unspecified atom stereocenters. The number of rotatable bonds is 4. The standard InChI is InChI=1S/C14H17NO4.C3H8/c16-13(17)11-6-7-12(8-11)15-14(18)19-9-10-4-2-1-3-5-10;1-3-2/h1-5,11-12H,6-9H2,(H,15,18)(H,16,17);3H2,1-2H3. The second-order valence-electron chi connectivity index (χ2n) is 5.46. The van der Waals surface area contributed by atoms with Gasteiger partial charge in [0, 0.05) is 6.04 Å². The largest absolute Gasteiger partial charge is 0.481 e. The molecule has 0 aromatic heterocycles. The number of carbonyl (C=O) groups is 2. The SMILES string of the molecule is CCC.O=C(NC1CCC(C(=O)O)C1)OCc1ccccc1. The van der Waals surface area contributed by atoms with Gasteiger partial charge in [-0.2, -0.15) is 0 Å². The minimum Gasteiger partial charge on any atom is -0.481 e. The van der Waals surface area contributed by atoms with Gasteiger partial charge in [0.1, 0.15) is 6.61 Å². The number of benzene rings is 1. The van der Waals surface area contributed by atoms with Crippen LogP contribution in [0.5, 0.6) is 0 Å². The molecule has 2 rings (SSSR count). The van der Waals surface area contributed by atoms with Crippen molar-refractivity contribution in [1.82, 2.24) is 5.32 Å². The van der Waals surface area contributed by atoms with Crippen molar-refractivity contribution in [3.63, 3.8) is 0 Å². The number of hydrogen-bond acceptors (Lipinski definition) is 3. The molecule has 0 spiro atoms. The lowest BCUT2D eigenvalue weighted by Gasteiger charge is -2.12. The Labute approximate surface area is 131 Å². The molecule has 1 saturated carbocycles. The van der Waals surface area contributed by atoms with E-state index in [1.54, 1.807) is 0 Å². The minimum absolute atomic E-state index is 0.0932. The molecule has 1 aliphatic rings. The first-order valence-electron chi connectivity index (χ1n) is 7.76. The van der Waals surface area contributed by atoms with Crippen molar-refractivity contribution < 1.29 is 19.4 Å². The molecule has 22 heavy (non-hydrogen) atoms. The minimum atomic E-state index is -0.790. The average molecular weight is 307 g/mol. The quantitative estimate of drug-likeness (QED) is 0.891. The fourth-order valence-corrected chi connectivity index (χ4v) is 2.27. The Balaban J connectivity index is 0.000000745. The highest BCUT2D eigenvalue weighted by Gasteiger charge is 2.30. The predicted molar refractivity (Wildman–Crippen MR) is 84.5 cm³/mol. The number of carboxylic acids is 1. The van der Waals surface area contributed by atoms with Crippen molar-refractivity contribution in [3.8, 4) is 0 Å². The van der Waals surface area contributed by atoms with E-state index in [-0.39, 0.29) is 18.6 Å². The summed E-state index contributed by atoms with van der Waals surface area (Å²) in [5.74, 6) is -1.14. The van der Waals surface area contributed by atoms with Gasteiger partial charge in [-0.15, -0.1) is 0 Å². The van der Waals surface area contributed by atoms with Crippen molar-refractivity contribution >= 4 is 12.1 Å². The monoisotopic (exact) mass is 307 g/mol. The molecule has 0 radical (unpaired) electrons. The highest BCUT2D eigenvalue weighted by atomic mass is 16.5. The van der Waals surface area contributed by atoms with Gasteiger partial charge in [-0.05, 0) is 24.8 Å². The maximum atomic E-state index is 11.6. The number of alkyl carbamates (subject to hydrolysis) is 1. The van der Waals surface area contributed by atoms with E-state index in [1.807, 2.05) is 30.3 Å². The maximum absolute atomic E-state index is 11.6. The van der Waals surface area contributed by atoms with Crippen molar-refractivity contribution in [3.05, 3.63) is 35.9 Å². The lowest BCUT2D eigenvalue weighted by Crippen LogP contribution is -2.33. The van der Waals surface area contributed by atoms with E-state index in [0.29, 0.717) is 19.3 Å². The first-order chi connectivity index (χ1) is 10.6. The molecule has 1 fully saturated rings. The molecule has 1 aromatic carbocycles. The highest BCUT2D eigenvalue weighted by molar-refractivity contribution is 5.71. The summed E-state index contributed by atoms with van der Waals surface area (Å²) in [7, 11) is 0. The lowest BCUT2D eigenvalue weighted by atomic mass is 10.1. The van der Waals surface area contributed by atoms with E-state index in [4.69, 9.17) is 9.84 Å². The topological polar surface area (TPSA) is 75.6 Å². The van der Waals surface area contributed by atoms with E-state index in [0.717, 1.165) is 5.56 Å². The number of aliphatic carboxylic acids is 1. The summed E-state index contributed by atoms with van der Waals surface area (Å²) < 4.78 is 5.09. The van der Waals surface area contributed by atoms with Gasteiger partial charge in [-0.1, -0.05) is 50.6 Å². The predicted octanol–water partition coefficient (Wildman–Crippen LogP) is 3.58. The van der Waals surface area contributed by atoms with Crippen LogP contribution < -0.4 is 5.32 Å². The smallest absolute Gasteiger partial charge is 0.407 e. The molecule has 1 aliphatic carbocycles. The highest BCUT2D eigenvalue weighted by Crippen LogP contribution is 2.25. The van der Waals surface area contributed by atoms with E-state index in [1.165, 1.54) is 6.42 Å². The first kappa shape index (κ1) is 18.0. The Morgan fingerprint density at radius 1 is 1.23 bits per heavy atom. The summed E-state index contributed by atoms with van der Waals surface area (Å²) >= 11 is 0. The molecule has 1 aromatic rings. The molecule has 1 amide bonds. The molecule has 122 valence electrons. The molecule has 0 aliphatic heterocycles. The number of carbonyl (C=O) groups excluding carboxylic acids is 1. The van der Waals surface area contributed by atoms with Crippen LogP contribution >= 0.6 is 0 Å². The second-order valence-corrected chi connectivity index (χ2v) is 5.46. The summed E-state index contributed by atoms with van der Waals surface area (Å²) in [4.78, 5) is 22.4. The lowest BCUT2D eigenvalue weighted by molar-refractivity contribution is -0.141. The summed E-state index contributed by atoms with van der Waals surface area (Å²) in [6.07, 6.45) is 2.55. The van der Waals surface area contributed by atoms with Gasteiger partial charge < -0.3 is 15.2 Å². The Hall–Kier alpha value is -2.04. The summed E-state index contributed by atoms with van der Waals surface area (Å²) in [5.41, 5.74) is 0.924. The third-order valence-electron chi connectivity index (χ3n) is 3.32. The summed E-state index contributed by atoms with van der Waals surface area (Å²) in [6, 6.07) is 9.32. The van der Waals surface area contributed by atoms with E-state index < -0.39 is 12.1 Å². The van der Waals surface area contributed by atoms with Gasteiger partial charge in [0.25, 0.3) is 0 Å². The van der Waals surface area contributed by atoms with Gasteiger partial charge in [0.15, 0.2) is 0 Å². The molecular weight excluding hydrogens is 282 g/mol. The fourth-order valence-electron chi connectivity index (χ4n) is 2.27. The molecule has 0 heterocycles. The Bertz CT molecular complexity index is 461. The number of hydrogen-bond donors (Lipinski definition) is 2. The van der Waals surface area contributed by atoms with Crippen LogP contribution in [0, 0.1) is 5.92 Å². The van der Waals surface area contributed by atoms with E-state index in [9.17, 15) is 9.59 Å². The van der Waals surface area contributed by atoms with Gasteiger partial charge in [-0.3, -0.25) is 4.79 Å². The first-order valence-corrected chi connectivity index (χ1v) is 7.76. The number of ether oxygens (including phenoxy) is 1. The van der Waals surface area contributed by atoms with Gasteiger partial charge >= 0.3 is 12.1 Å². The number of nitrogens with one attached hydrogen (secondary N) is 1. The maximum Gasteiger partial charge on any atom is 0.407 e. The molecule has 2 N–H and O–H groups in total. The third kappa shape index (κ3) is 6.61. The van der Waals surface area contributed by atoms with Crippen LogP contribution in [0.1, 0.15) is 45.1 Å². The van der Waals surface area contributed by atoms with Gasteiger partial charge in [0.2, 0.25) is 0 Å². The molecular formula is C17H25NO4. The zero-order chi connectivity index (χ0) is 16.4. The number of amides is 1. The molecule has 2 atom stereocenters. The molecule has 5 nitrogen and oxygen atoms in total. The van der Waals surface area contributed by atoms with E-state index in [2.05, 4.69) is 19.2 Å². The van der Waals surface area contributed by atoms with Crippen molar-refractivity contribution in [2.45, 2.75) is 52.2 Å². The van der Waals surface area contributed by atoms with Crippen LogP contribution in [0.3, 0.4) is 0 Å². The third-order valence-corrected chi connectivity index (χ3v) is 3.32. The van der Waals surface area contributed by atoms with Crippen LogP contribution in [-0.4, -0.2) is 23.2 Å². The summed E-state index contributed by atoms with van der Waals surface area (Å²) in [5, 5.41) is 11.6. The van der Waals surface area contributed by atoms with Crippen LogP contribution in [0.2, 0.25) is 0 Å². The average Bonchev–Trinajstić information content (AvgIpc) is 2.96. The van der Waals surface area contributed by atoms with Gasteiger partial charge in [0.05, 0.1) is 5.92 Å². The Morgan fingerprint density at radius 3 is 2.41 bits per heavy atom.